The topological polar surface area (TPSA) is 46.9 Å². The molecule has 0 fully saturated rings. The molecule has 0 bridgehead atoms. The lowest BCUT2D eigenvalue weighted by Gasteiger charge is -2.20. The number of hydrogen-bond acceptors (Lipinski definition) is 3. The van der Waals surface area contributed by atoms with Gasteiger partial charge in [0, 0.05) is 25.0 Å². The molecule has 4 heteroatoms. The van der Waals surface area contributed by atoms with E-state index in [1.165, 1.54) is 0 Å². The second-order valence-corrected chi connectivity index (χ2v) is 4.19. The predicted molar refractivity (Wildman–Crippen MR) is 66.7 cm³/mol. The Balaban J connectivity index is 2.85. The van der Waals surface area contributed by atoms with E-state index in [1.54, 1.807) is 17.0 Å². The molecule has 0 aliphatic carbocycles. The lowest BCUT2D eigenvalue weighted by atomic mass is 10.0. The zero-order valence-electron chi connectivity index (χ0n) is 10.5. The molecule has 90 valence electrons. The fourth-order valence-electron chi connectivity index (χ4n) is 1.51. The van der Waals surface area contributed by atoms with E-state index in [1.807, 2.05) is 6.92 Å². The van der Waals surface area contributed by atoms with Gasteiger partial charge in [-0.3, -0.25) is 4.79 Å². The molecular formula is C12H21N3O. The fraction of sp³-hybridized carbons (Fsp3) is 0.667. The Bertz CT molecular complexity index is 386. The maximum absolute atomic E-state index is 11.9. The van der Waals surface area contributed by atoms with Gasteiger partial charge in [-0.2, -0.15) is 0 Å². The number of nitrogens with zero attached hydrogens (tertiary/aromatic N) is 2. The van der Waals surface area contributed by atoms with Crippen molar-refractivity contribution in [2.45, 2.75) is 46.7 Å². The van der Waals surface area contributed by atoms with Crippen LogP contribution in [-0.2, 0) is 6.54 Å². The Morgan fingerprint density at radius 1 is 1.44 bits per heavy atom. The maximum Gasteiger partial charge on any atom is 0.293 e. The minimum Gasteiger partial charge on any atom is -0.363 e. The van der Waals surface area contributed by atoms with E-state index in [4.69, 9.17) is 0 Å². The summed E-state index contributed by atoms with van der Waals surface area (Å²) in [6, 6.07) is 0.262. The highest BCUT2D eigenvalue weighted by Gasteiger charge is 2.12. The molecule has 0 aromatic carbocycles. The summed E-state index contributed by atoms with van der Waals surface area (Å²) in [4.78, 5) is 16.0. The first kappa shape index (κ1) is 12.7. The number of hydrogen-bond donors (Lipinski definition) is 1. The molecule has 0 aliphatic heterocycles. The Labute approximate surface area is 96.7 Å². The zero-order chi connectivity index (χ0) is 12.1. The molecule has 0 radical (unpaired) electrons. The summed E-state index contributed by atoms with van der Waals surface area (Å²) in [6.45, 7) is 9.01. The highest BCUT2D eigenvalue weighted by Crippen LogP contribution is 2.10. The van der Waals surface area contributed by atoms with Gasteiger partial charge in [0.05, 0.1) is 0 Å². The molecule has 1 heterocycles. The van der Waals surface area contributed by atoms with Crippen molar-refractivity contribution in [1.29, 1.82) is 0 Å². The van der Waals surface area contributed by atoms with E-state index in [2.05, 4.69) is 31.1 Å². The van der Waals surface area contributed by atoms with Crippen LogP contribution in [0.3, 0.4) is 0 Å². The van der Waals surface area contributed by atoms with Crippen LogP contribution in [-0.4, -0.2) is 15.6 Å². The van der Waals surface area contributed by atoms with Crippen molar-refractivity contribution >= 4 is 5.82 Å². The van der Waals surface area contributed by atoms with Gasteiger partial charge in [-0.15, -0.1) is 0 Å². The third-order valence-corrected chi connectivity index (χ3v) is 3.12. The second kappa shape index (κ2) is 5.68. The molecule has 0 spiro atoms. The summed E-state index contributed by atoms with van der Waals surface area (Å²) in [5.74, 6) is 0.980. The molecule has 2 atom stereocenters. The van der Waals surface area contributed by atoms with Crippen LogP contribution >= 0.6 is 0 Å². The van der Waals surface area contributed by atoms with Crippen molar-refractivity contribution < 1.29 is 0 Å². The third-order valence-electron chi connectivity index (χ3n) is 3.12. The van der Waals surface area contributed by atoms with Crippen molar-refractivity contribution in [3.05, 3.63) is 22.7 Å². The van der Waals surface area contributed by atoms with E-state index in [0.29, 0.717) is 18.3 Å². The summed E-state index contributed by atoms with van der Waals surface area (Å²) in [7, 11) is 0. The summed E-state index contributed by atoms with van der Waals surface area (Å²) < 4.78 is 1.65. The van der Waals surface area contributed by atoms with Gasteiger partial charge < -0.3 is 9.88 Å². The summed E-state index contributed by atoms with van der Waals surface area (Å²) >= 11 is 0. The van der Waals surface area contributed by atoms with Crippen LogP contribution in [0.4, 0.5) is 5.82 Å². The average molecular weight is 223 g/mol. The minimum absolute atomic E-state index is 0.0415. The monoisotopic (exact) mass is 223 g/mol. The number of aryl methyl sites for hydroxylation is 1. The van der Waals surface area contributed by atoms with Crippen LogP contribution in [0.15, 0.2) is 17.2 Å². The Kier molecular flexibility index (Phi) is 4.52. The first-order valence-electron chi connectivity index (χ1n) is 5.92. The van der Waals surface area contributed by atoms with E-state index in [-0.39, 0.29) is 11.6 Å². The molecule has 1 aromatic heterocycles. The Morgan fingerprint density at radius 2 is 2.12 bits per heavy atom. The normalized spacial score (nSPS) is 14.5. The number of rotatable bonds is 5. The Hall–Kier alpha value is -1.32. The van der Waals surface area contributed by atoms with Gasteiger partial charge >= 0.3 is 0 Å². The molecule has 0 saturated heterocycles. The van der Waals surface area contributed by atoms with Crippen molar-refractivity contribution in [3.63, 3.8) is 0 Å². The third kappa shape index (κ3) is 2.84. The van der Waals surface area contributed by atoms with Crippen LogP contribution in [0, 0.1) is 5.92 Å². The van der Waals surface area contributed by atoms with Crippen molar-refractivity contribution in [1.82, 2.24) is 9.55 Å². The minimum atomic E-state index is -0.0415. The number of aromatic nitrogens is 2. The van der Waals surface area contributed by atoms with E-state index >= 15 is 0 Å². The van der Waals surface area contributed by atoms with Crippen molar-refractivity contribution in [2.24, 2.45) is 5.92 Å². The maximum atomic E-state index is 11.9. The molecule has 1 N–H and O–H groups in total. The first-order chi connectivity index (χ1) is 7.60. The van der Waals surface area contributed by atoms with E-state index < -0.39 is 0 Å². The molecule has 0 amide bonds. The molecule has 16 heavy (non-hydrogen) atoms. The molecular weight excluding hydrogens is 202 g/mol. The molecule has 0 aliphatic rings. The lowest BCUT2D eigenvalue weighted by molar-refractivity contribution is 0.492. The van der Waals surface area contributed by atoms with Crippen LogP contribution in [0.1, 0.15) is 34.1 Å². The highest BCUT2D eigenvalue weighted by molar-refractivity contribution is 5.32. The SMILES string of the molecule is CCC(C)C(C)Nc1nccn(CC)c1=O. The molecule has 1 aromatic rings. The van der Waals surface area contributed by atoms with E-state index in [0.717, 1.165) is 6.42 Å². The van der Waals surface area contributed by atoms with E-state index in [9.17, 15) is 4.79 Å². The average Bonchev–Trinajstić information content (AvgIpc) is 2.30. The van der Waals surface area contributed by atoms with Gasteiger partial charge in [0.25, 0.3) is 5.56 Å². The quantitative estimate of drug-likeness (QED) is 0.831. The fourth-order valence-corrected chi connectivity index (χ4v) is 1.51. The van der Waals surface area contributed by atoms with Crippen molar-refractivity contribution in [3.8, 4) is 0 Å². The predicted octanol–water partition coefficient (Wildman–Crippen LogP) is 2.11. The summed E-state index contributed by atoms with van der Waals surface area (Å²) in [5.41, 5.74) is -0.0415. The summed E-state index contributed by atoms with van der Waals surface area (Å²) in [6.07, 6.45) is 4.46. The molecule has 1 rings (SSSR count). The first-order valence-corrected chi connectivity index (χ1v) is 5.92. The van der Waals surface area contributed by atoms with Crippen LogP contribution in [0.5, 0.6) is 0 Å². The zero-order valence-corrected chi connectivity index (χ0v) is 10.5. The number of nitrogens with one attached hydrogen (secondary N) is 1. The van der Waals surface area contributed by atoms with Gasteiger partial charge in [-0.1, -0.05) is 20.3 Å². The summed E-state index contributed by atoms with van der Waals surface area (Å²) in [5, 5.41) is 3.19. The van der Waals surface area contributed by atoms with Crippen LogP contribution < -0.4 is 10.9 Å². The van der Waals surface area contributed by atoms with Gasteiger partial charge in [0.15, 0.2) is 5.82 Å². The Morgan fingerprint density at radius 3 is 2.69 bits per heavy atom. The van der Waals surface area contributed by atoms with Gasteiger partial charge in [0.1, 0.15) is 0 Å². The molecule has 0 saturated carbocycles. The molecule has 2 unspecified atom stereocenters. The highest BCUT2D eigenvalue weighted by atomic mass is 16.1. The smallest absolute Gasteiger partial charge is 0.293 e. The van der Waals surface area contributed by atoms with Crippen molar-refractivity contribution in [2.75, 3.05) is 5.32 Å². The lowest BCUT2D eigenvalue weighted by Crippen LogP contribution is -2.30. The van der Waals surface area contributed by atoms with Crippen LogP contribution in [0.25, 0.3) is 0 Å². The van der Waals surface area contributed by atoms with Gasteiger partial charge in [0.2, 0.25) is 0 Å². The van der Waals surface area contributed by atoms with Gasteiger partial charge in [-0.25, -0.2) is 4.98 Å². The second-order valence-electron chi connectivity index (χ2n) is 4.19. The van der Waals surface area contributed by atoms with Crippen LogP contribution in [0.2, 0.25) is 0 Å². The number of anilines is 1. The van der Waals surface area contributed by atoms with Gasteiger partial charge in [-0.05, 0) is 19.8 Å². The standard InChI is InChI=1S/C12H21N3O/c1-5-9(3)10(4)14-11-12(16)15(6-2)8-7-13-11/h7-10H,5-6H2,1-4H3,(H,13,14). The largest absolute Gasteiger partial charge is 0.363 e. The molecule has 4 nitrogen and oxygen atoms in total.